The van der Waals surface area contributed by atoms with Crippen LogP contribution in [0.25, 0.3) is 0 Å². The molecule has 0 N–H and O–H groups in total. The summed E-state index contributed by atoms with van der Waals surface area (Å²) in [5.74, 6) is 0.727. The average molecular weight is 425 g/mol. The molecule has 0 fully saturated rings. The van der Waals surface area contributed by atoms with Gasteiger partial charge < -0.3 is 18.8 Å². The predicted molar refractivity (Wildman–Crippen MR) is 105 cm³/mol. The molecule has 0 spiro atoms. The van der Waals surface area contributed by atoms with Gasteiger partial charge in [0.05, 0.1) is 6.61 Å². The van der Waals surface area contributed by atoms with Gasteiger partial charge in [0.15, 0.2) is 11.2 Å². The zero-order valence-electron chi connectivity index (χ0n) is 17.7. The molecule has 0 heterocycles. The maximum absolute atomic E-state index is 11.7. The van der Waals surface area contributed by atoms with Crippen molar-refractivity contribution >= 4 is 10.1 Å². The van der Waals surface area contributed by atoms with Gasteiger partial charge in [0.2, 0.25) is 0 Å². The van der Waals surface area contributed by atoms with Gasteiger partial charge >= 0.3 is 29.6 Å². The van der Waals surface area contributed by atoms with Crippen LogP contribution in [-0.4, -0.2) is 37.4 Å². The van der Waals surface area contributed by atoms with Crippen molar-refractivity contribution in [2.45, 2.75) is 76.9 Å². The summed E-state index contributed by atoms with van der Waals surface area (Å²) in [5.41, 5.74) is 0. The number of benzene rings is 1. The monoisotopic (exact) mass is 424 g/mol. The van der Waals surface area contributed by atoms with Crippen LogP contribution in [0.5, 0.6) is 5.75 Å². The maximum atomic E-state index is 11.7. The van der Waals surface area contributed by atoms with Crippen molar-refractivity contribution in [3.63, 3.8) is 0 Å². The van der Waals surface area contributed by atoms with E-state index in [1.54, 1.807) is 6.92 Å². The maximum Gasteiger partial charge on any atom is 1.00 e. The van der Waals surface area contributed by atoms with E-state index >= 15 is 0 Å². The first-order valence-electron chi connectivity index (χ1n) is 9.71. The SMILES string of the molecule is CCCCCCCCC(C)(OC(C)OCCOc1ccccc1)S(=O)(=O)[O-].[Na+]. The van der Waals surface area contributed by atoms with Gasteiger partial charge in [-0.25, -0.2) is 8.42 Å². The first-order valence-corrected chi connectivity index (χ1v) is 11.1. The van der Waals surface area contributed by atoms with Crippen molar-refractivity contribution in [2.24, 2.45) is 0 Å². The molecule has 8 heteroatoms. The van der Waals surface area contributed by atoms with E-state index in [1.807, 2.05) is 30.3 Å². The number of rotatable bonds is 15. The van der Waals surface area contributed by atoms with E-state index in [9.17, 15) is 13.0 Å². The van der Waals surface area contributed by atoms with Crippen LogP contribution in [0.1, 0.15) is 65.7 Å². The van der Waals surface area contributed by atoms with E-state index in [-0.39, 0.29) is 42.6 Å². The second kappa shape index (κ2) is 14.8. The third-order valence-corrected chi connectivity index (χ3v) is 5.73. The fraction of sp³-hybridized carbons (Fsp3) is 0.700. The molecule has 0 saturated heterocycles. The van der Waals surface area contributed by atoms with Crippen LogP contribution in [0, 0.1) is 0 Å². The van der Waals surface area contributed by atoms with E-state index in [0.717, 1.165) is 31.4 Å². The first kappa shape index (κ1) is 27.8. The van der Waals surface area contributed by atoms with E-state index in [4.69, 9.17) is 14.2 Å². The summed E-state index contributed by atoms with van der Waals surface area (Å²) in [6.07, 6.45) is 5.34. The molecule has 0 amide bonds. The Morgan fingerprint density at radius 2 is 1.64 bits per heavy atom. The molecule has 6 nitrogen and oxygen atoms in total. The molecule has 0 aliphatic carbocycles. The van der Waals surface area contributed by atoms with Crippen LogP contribution in [-0.2, 0) is 19.6 Å². The molecule has 0 aromatic heterocycles. The van der Waals surface area contributed by atoms with Crippen molar-refractivity contribution < 1.29 is 56.7 Å². The third-order valence-electron chi connectivity index (χ3n) is 4.38. The molecule has 0 aliphatic rings. The molecular weight excluding hydrogens is 391 g/mol. The fourth-order valence-corrected chi connectivity index (χ4v) is 3.39. The van der Waals surface area contributed by atoms with Crippen molar-refractivity contribution in [1.82, 2.24) is 0 Å². The fourth-order valence-electron chi connectivity index (χ4n) is 2.74. The predicted octanol–water partition coefficient (Wildman–Crippen LogP) is 1.46. The third kappa shape index (κ3) is 11.1. The Hall–Kier alpha value is -0.150. The zero-order valence-corrected chi connectivity index (χ0v) is 20.5. The van der Waals surface area contributed by atoms with E-state index in [0.29, 0.717) is 13.0 Å². The summed E-state index contributed by atoms with van der Waals surface area (Å²) in [4.78, 5) is -1.78. The molecule has 28 heavy (non-hydrogen) atoms. The number of hydrogen-bond donors (Lipinski definition) is 0. The van der Waals surface area contributed by atoms with Crippen LogP contribution in [0.4, 0.5) is 0 Å². The number of unbranched alkanes of at least 4 members (excludes halogenated alkanes) is 5. The minimum atomic E-state index is -4.61. The standard InChI is InChI=1S/C20H34O6S.Na/c1-4-5-6-7-8-12-15-20(3,27(21,22)23)26-18(2)24-16-17-25-19-13-10-9-11-14-19;/h9-11,13-14,18H,4-8,12,15-17H2,1-3H3,(H,21,22,23);/q;+1/p-1. The molecule has 0 aliphatic heterocycles. The minimum Gasteiger partial charge on any atom is -0.746 e. The van der Waals surface area contributed by atoms with Gasteiger partial charge in [0.1, 0.15) is 22.5 Å². The van der Waals surface area contributed by atoms with Crippen LogP contribution in [0.3, 0.4) is 0 Å². The van der Waals surface area contributed by atoms with Gasteiger partial charge in [-0.15, -0.1) is 0 Å². The molecular formula is C20H33NaO6S. The molecule has 1 aromatic rings. The van der Waals surface area contributed by atoms with Crippen LogP contribution in [0.2, 0.25) is 0 Å². The number of para-hydroxylation sites is 1. The topological polar surface area (TPSA) is 84.9 Å². The molecule has 1 aromatic carbocycles. The second-order valence-corrected chi connectivity index (χ2v) is 8.60. The van der Waals surface area contributed by atoms with Gasteiger partial charge in [-0.3, -0.25) is 0 Å². The zero-order chi connectivity index (χ0) is 20.2. The Kier molecular flexibility index (Phi) is 14.7. The summed E-state index contributed by atoms with van der Waals surface area (Å²) < 4.78 is 51.6. The quantitative estimate of drug-likeness (QED) is 0.183. The Morgan fingerprint density at radius 3 is 2.25 bits per heavy atom. The average Bonchev–Trinajstić information content (AvgIpc) is 2.61. The van der Waals surface area contributed by atoms with Crippen LogP contribution >= 0.6 is 0 Å². The molecule has 2 unspecified atom stereocenters. The molecule has 156 valence electrons. The number of hydrogen-bond acceptors (Lipinski definition) is 6. The second-order valence-electron chi connectivity index (χ2n) is 6.82. The summed E-state index contributed by atoms with van der Waals surface area (Å²) in [7, 11) is -4.61. The van der Waals surface area contributed by atoms with Gasteiger partial charge in [-0.05, 0) is 38.8 Å². The first-order chi connectivity index (χ1) is 12.8. The molecule has 0 saturated carbocycles. The minimum absolute atomic E-state index is 0. The summed E-state index contributed by atoms with van der Waals surface area (Å²) in [5, 5.41) is 0. The normalized spacial score (nSPS) is 14.7. The largest absolute Gasteiger partial charge is 1.00 e. The van der Waals surface area contributed by atoms with E-state index < -0.39 is 21.3 Å². The van der Waals surface area contributed by atoms with Gasteiger partial charge in [-0.2, -0.15) is 0 Å². The van der Waals surface area contributed by atoms with Crippen molar-refractivity contribution in [2.75, 3.05) is 13.2 Å². The Morgan fingerprint density at radius 1 is 1.04 bits per heavy atom. The van der Waals surface area contributed by atoms with Gasteiger partial charge in [-0.1, -0.05) is 57.2 Å². The molecule has 2 atom stereocenters. The molecule has 0 radical (unpaired) electrons. The van der Waals surface area contributed by atoms with E-state index in [1.165, 1.54) is 13.3 Å². The smallest absolute Gasteiger partial charge is 0.746 e. The summed E-state index contributed by atoms with van der Waals surface area (Å²) in [6.45, 7) is 5.59. The Labute approximate surface area is 192 Å². The van der Waals surface area contributed by atoms with Crippen LogP contribution < -0.4 is 34.3 Å². The van der Waals surface area contributed by atoms with Crippen molar-refractivity contribution in [1.29, 1.82) is 0 Å². The molecule has 1 rings (SSSR count). The summed E-state index contributed by atoms with van der Waals surface area (Å²) in [6, 6.07) is 9.31. The Bertz CT molecular complexity index is 610. The van der Waals surface area contributed by atoms with Crippen LogP contribution in [0.15, 0.2) is 30.3 Å². The van der Waals surface area contributed by atoms with Crippen molar-refractivity contribution in [3.8, 4) is 5.75 Å². The summed E-state index contributed by atoms with van der Waals surface area (Å²) >= 11 is 0. The molecule has 0 bridgehead atoms. The van der Waals surface area contributed by atoms with Gasteiger partial charge in [0, 0.05) is 0 Å². The van der Waals surface area contributed by atoms with Crippen molar-refractivity contribution in [3.05, 3.63) is 30.3 Å². The Balaban J connectivity index is 0.00000729. The number of ether oxygens (including phenoxy) is 3. The van der Waals surface area contributed by atoms with Gasteiger partial charge in [0.25, 0.3) is 0 Å². The van der Waals surface area contributed by atoms with E-state index in [2.05, 4.69) is 6.92 Å².